The van der Waals surface area contributed by atoms with E-state index in [9.17, 15) is 5.11 Å². The van der Waals surface area contributed by atoms with Crippen LogP contribution in [-0.2, 0) is 13.6 Å². The maximum Gasteiger partial charge on any atom is 0.192 e. The summed E-state index contributed by atoms with van der Waals surface area (Å²) in [5.74, 6) is 1.27. The van der Waals surface area contributed by atoms with E-state index in [2.05, 4.69) is 115 Å². The molecule has 0 saturated heterocycles. The van der Waals surface area contributed by atoms with Gasteiger partial charge in [-0.25, -0.2) is 0 Å². The molecule has 0 aromatic rings. The standard InChI is InChI=1S/C40H74O4Si2/c1-29(42-26-24-37(2,3)4)33-20-21-34-31(17-16-23-40(33,34)11)19-18-30-27-35(43-45(12,13)38(5,6)7)32(22-25-41)36(28-30)44-46(14,15)39(8,9)10/h18-19,22,29,33-36,41H,16-17,20-21,23-28H2,1-15H3/b30-18?,31-19+,32-22?/t29-,33?,34?,35-,36+,40?/m1/s1. The largest absolute Gasteiger partial charge is 0.410 e. The fourth-order valence-corrected chi connectivity index (χ4v) is 10.3. The normalized spacial score (nSPS) is 32.0. The lowest BCUT2D eigenvalue weighted by Crippen LogP contribution is -2.50. The Morgan fingerprint density at radius 1 is 0.870 bits per heavy atom. The maximum atomic E-state index is 10.2. The summed E-state index contributed by atoms with van der Waals surface area (Å²) >= 11 is 0. The average Bonchev–Trinajstić information content (AvgIpc) is 3.24. The van der Waals surface area contributed by atoms with Crippen LogP contribution in [0.3, 0.4) is 0 Å². The van der Waals surface area contributed by atoms with Crippen molar-refractivity contribution < 1.29 is 18.7 Å². The molecule has 4 nitrogen and oxygen atoms in total. The van der Waals surface area contributed by atoms with Crippen LogP contribution in [0, 0.1) is 22.7 Å². The van der Waals surface area contributed by atoms with Gasteiger partial charge in [-0.2, -0.15) is 0 Å². The third-order valence-electron chi connectivity index (χ3n) is 12.8. The molecule has 0 radical (unpaired) electrons. The molecule has 3 aliphatic carbocycles. The van der Waals surface area contributed by atoms with E-state index in [1.807, 2.05) is 6.08 Å². The number of aliphatic hydroxyl groups excluding tert-OH is 1. The SMILES string of the molecule is C[C@@H](OCCC(C)(C)C)C1CCC2/C(=C/C=C3C[C@H](O[Si](C)(C)C(C)(C)C)C(=CCO)[C@H](O[Si](C)(C)C(C)(C)C)C3)CCCC21C. The van der Waals surface area contributed by atoms with Gasteiger partial charge in [-0.15, -0.1) is 0 Å². The summed E-state index contributed by atoms with van der Waals surface area (Å²) in [4.78, 5) is 0. The Labute approximate surface area is 287 Å². The molecule has 46 heavy (non-hydrogen) atoms. The maximum absolute atomic E-state index is 10.2. The minimum atomic E-state index is -2.06. The van der Waals surface area contributed by atoms with Crippen molar-refractivity contribution in [3.05, 3.63) is 34.9 Å². The molecular weight excluding hydrogens is 601 g/mol. The van der Waals surface area contributed by atoms with E-state index in [0.717, 1.165) is 31.4 Å². The van der Waals surface area contributed by atoms with Crippen LogP contribution in [0.25, 0.3) is 0 Å². The Morgan fingerprint density at radius 3 is 1.89 bits per heavy atom. The Bertz CT molecular complexity index is 1070. The highest BCUT2D eigenvalue weighted by atomic mass is 28.4. The van der Waals surface area contributed by atoms with Crippen molar-refractivity contribution in [1.29, 1.82) is 0 Å². The predicted octanol–water partition coefficient (Wildman–Crippen LogP) is 11.4. The van der Waals surface area contributed by atoms with Crippen molar-refractivity contribution in [3.63, 3.8) is 0 Å². The smallest absolute Gasteiger partial charge is 0.192 e. The van der Waals surface area contributed by atoms with Crippen LogP contribution in [-0.4, -0.2) is 53.3 Å². The fraction of sp³-hybridized carbons (Fsp3) is 0.850. The van der Waals surface area contributed by atoms with E-state index in [1.165, 1.54) is 37.7 Å². The Hall–Kier alpha value is -0.506. The second-order valence-corrected chi connectivity index (χ2v) is 29.1. The number of fused-ring (bicyclic) bond motifs is 1. The second kappa shape index (κ2) is 14.8. The molecule has 1 N–H and O–H groups in total. The third kappa shape index (κ3) is 9.59. The van der Waals surface area contributed by atoms with Crippen LogP contribution in [0.2, 0.25) is 36.3 Å². The molecule has 3 saturated carbocycles. The van der Waals surface area contributed by atoms with Crippen LogP contribution < -0.4 is 0 Å². The zero-order valence-electron chi connectivity index (χ0n) is 32.9. The Balaban J connectivity index is 1.92. The van der Waals surface area contributed by atoms with Crippen LogP contribution >= 0.6 is 0 Å². The molecule has 0 amide bonds. The van der Waals surface area contributed by atoms with Gasteiger partial charge < -0.3 is 18.7 Å². The summed E-state index contributed by atoms with van der Waals surface area (Å²) in [6, 6.07) is 0. The van der Waals surface area contributed by atoms with Gasteiger partial charge in [0.05, 0.1) is 24.9 Å². The Kier molecular flexibility index (Phi) is 12.8. The van der Waals surface area contributed by atoms with Crippen LogP contribution in [0.4, 0.5) is 0 Å². The lowest BCUT2D eigenvalue weighted by atomic mass is 9.62. The van der Waals surface area contributed by atoms with E-state index >= 15 is 0 Å². The van der Waals surface area contributed by atoms with Gasteiger partial charge in [0.2, 0.25) is 0 Å². The van der Waals surface area contributed by atoms with E-state index in [-0.39, 0.29) is 28.9 Å². The number of allylic oxidation sites excluding steroid dienone is 3. The minimum Gasteiger partial charge on any atom is -0.410 e. The fourth-order valence-electron chi connectivity index (χ4n) is 7.73. The molecule has 3 unspecified atom stereocenters. The first-order valence-corrected chi connectivity index (χ1v) is 24.4. The topological polar surface area (TPSA) is 47.9 Å². The quantitative estimate of drug-likeness (QED) is 0.185. The molecule has 0 spiro atoms. The average molecular weight is 675 g/mol. The number of ether oxygens (including phenoxy) is 1. The van der Waals surface area contributed by atoms with E-state index in [0.29, 0.717) is 28.8 Å². The van der Waals surface area contributed by atoms with E-state index in [1.54, 1.807) is 5.57 Å². The van der Waals surface area contributed by atoms with Crippen molar-refractivity contribution in [2.24, 2.45) is 22.7 Å². The van der Waals surface area contributed by atoms with Crippen molar-refractivity contribution in [2.45, 2.75) is 182 Å². The van der Waals surface area contributed by atoms with E-state index < -0.39 is 16.6 Å². The van der Waals surface area contributed by atoms with Gasteiger partial charge in [0.15, 0.2) is 16.6 Å². The monoisotopic (exact) mass is 675 g/mol. The highest BCUT2D eigenvalue weighted by Crippen LogP contribution is 2.59. The molecule has 6 atom stereocenters. The van der Waals surface area contributed by atoms with E-state index in [4.69, 9.17) is 13.6 Å². The first kappa shape index (κ1) is 39.9. The van der Waals surface area contributed by atoms with Gasteiger partial charge in [0.25, 0.3) is 0 Å². The molecule has 3 rings (SSSR count). The van der Waals surface area contributed by atoms with Crippen LogP contribution in [0.15, 0.2) is 34.9 Å². The molecule has 3 aliphatic rings. The summed E-state index contributed by atoms with van der Waals surface area (Å²) in [5.41, 5.74) is 4.86. The molecular formula is C40H74O4Si2. The summed E-state index contributed by atoms with van der Waals surface area (Å²) in [7, 11) is -4.12. The van der Waals surface area contributed by atoms with Crippen LogP contribution in [0.1, 0.15) is 128 Å². The van der Waals surface area contributed by atoms with Gasteiger partial charge >= 0.3 is 0 Å². The second-order valence-electron chi connectivity index (χ2n) is 19.6. The molecule has 3 fully saturated rings. The summed E-state index contributed by atoms with van der Waals surface area (Å²) in [5, 5.41) is 10.4. The molecule has 266 valence electrons. The van der Waals surface area contributed by atoms with Crippen LogP contribution in [0.5, 0.6) is 0 Å². The Morgan fingerprint density at radius 2 is 1.41 bits per heavy atom. The summed E-state index contributed by atoms with van der Waals surface area (Å²) in [6.07, 6.45) is 16.4. The number of hydrogen-bond acceptors (Lipinski definition) is 4. The predicted molar refractivity (Wildman–Crippen MR) is 202 cm³/mol. The zero-order chi connectivity index (χ0) is 34.9. The van der Waals surface area contributed by atoms with Gasteiger partial charge in [-0.1, -0.05) is 98.6 Å². The number of hydrogen-bond donors (Lipinski definition) is 1. The third-order valence-corrected chi connectivity index (χ3v) is 21.8. The molecule has 0 aromatic carbocycles. The lowest BCUT2D eigenvalue weighted by molar-refractivity contribution is -0.0318. The van der Waals surface area contributed by atoms with Crippen molar-refractivity contribution in [2.75, 3.05) is 13.2 Å². The van der Waals surface area contributed by atoms with Crippen molar-refractivity contribution in [3.8, 4) is 0 Å². The number of rotatable bonds is 10. The minimum absolute atomic E-state index is 0.0208. The first-order valence-electron chi connectivity index (χ1n) is 18.6. The number of aliphatic hydroxyl groups is 1. The molecule has 6 heteroatoms. The van der Waals surface area contributed by atoms with Gasteiger partial charge in [0.1, 0.15) is 0 Å². The van der Waals surface area contributed by atoms with Gasteiger partial charge in [-0.3, -0.25) is 0 Å². The van der Waals surface area contributed by atoms with Crippen molar-refractivity contribution in [1.82, 2.24) is 0 Å². The lowest BCUT2D eigenvalue weighted by Gasteiger charge is -2.46. The van der Waals surface area contributed by atoms with Gasteiger partial charge in [-0.05, 0) is 123 Å². The summed E-state index contributed by atoms with van der Waals surface area (Å²) in [6.45, 7) is 36.0. The molecule has 0 bridgehead atoms. The summed E-state index contributed by atoms with van der Waals surface area (Å²) < 4.78 is 20.8. The molecule has 0 aromatic heterocycles. The van der Waals surface area contributed by atoms with Crippen molar-refractivity contribution >= 4 is 16.6 Å². The molecule has 0 aliphatic heterocycles. The van der Waals surface area contributed by atoms with Gasteiger partial charge in [0, 0.05) is 6.61 Å². The zero-order valence-corrected chi connectivity index (χ0v) is 34.9. The molecule has 0 heterocycles. The highest BCUT2D eigenvalue weighted by molar-refractivity contribution is 6.74. The highest BCUT2D eigenvalue weighted by Gasteiger charge is 2.51. The first-order chi connectivity index (χ1) is 20.9.